The fourth-order valence-corrected chi connectivity index (χ4v) is 4.84. The number of carbonyl (C=O) groups is 1. The molecule has 0 aromatic carbocycles. The van der Waals surface area contributed by atoms with Crippen molar-refractivity contribution < 1.29 is 20.1 Å². The van der Waals surface area contributed by atoms with E-state index < -0.39 is 18.2 Å². The number of allylic oxidation sites excluding steroid dienone is 2. The summed E-state index contributed by atoms with van der Waals surface area (Å²) in [6.07, 6.45) is 10.3. The van der Waals surface area contributed by atoms with Crippen LogP contribution >= 0.6 is 0 Å². The van der Waals surface area contributed by atoms with Crippen LogP contribution in [0, 0.1) is 35.5 Å². The van der Waals surface area contributed by atoms with Gasteiger partial charge >= 0.3 is 5.97 Å². The summed E-state index contributed by atoms with van der Waals surface area (Å²) in [5.41, 5.74) is 1.35. The SMILES string of the molecule is O=C(O)CC/C=C1\C[C@@H]2[C@@H](C#CC(O)C3CCCCC3)[C@H](O)CC[C@H]12. The van der Waals surface area contributed by atoms with Gasteiger partial charge in [0.15, 0.2) is 0 Å². The summed E-state index contributed by atoms with van der Waals surface area (Å²) in [5, 5.41) is 29.5. The lowest BCUT2D eigenvalue weighted by molar-refractivity contribution is -0.136. The van der Waals surface area contributed by atoms with Crippen molar-refractivity contribution in [3.05, 3.63) is 11.6 Å². The fourth-order valence-electron chi connectivity index (χ4n) is 4.84. The highest BCUT2D eigenvalue weighted by Crippen LogP contribution is 2.51. The molecule has 0 saturated heterocycles. The molecule has 4 heteroatoms. The van der Waals surface area contributed by atoms with Crippen LogP contribution in [-0.4, -0.2) is 33.5 Å². The summed E-state index contributed by atoms with van der Waals surface area (Å²) >= 11 is 0. The normalized spacial score (nSPS) is 35.2. The highest BCUT2D eigenvalue weighted by atomic mass is 16.4. The Kier molecular flexibility index (Phi) is 6.19. The van der Waals surface area contributed by atoms with Crippen molar-refractivity contribution in [3.8, 4) is 11.8 Å². The number of aliphatic hydroxyl groups excluding tert-OH is 2. The van der Waals surface area contributed by atoms with Crippen molar-refractivity contribution in [3.63, 3.8) is 0 Å². The number of hydrogen-bond donors (Lipinski definition) is 3. The highest BCUT2D eigenvalue weighted by Gasteiger charge is 2.46. The van der Waals surface area contributed by atoms with Gasteiger partial charge < -0.3 is 15.3 Å². The molecular weight excluding hydrogens is 316 g/mol. The molecule has 5 atom stereocenters. The molecule has 1 unspecified atom stereocenters. The molecule has 0 aromatic heterocycles. The van der Waals surface area contributed by atoms with Crippen LogP contribution in [0.5, 0.6) is 0 Å². The number of carboxylic acid groups (broad SMARTS) is 1. The minimum Gasteiger partial charge on any atom is -0.481 e. The van der Waals surface area contributed by atoms with Crippen LogP contribution in [-0.2, 0) is 4.79 Å². The number of carboxylic acids is 1. The fraction of sp³-hybridized carbons (Fsp3) is 0.762. The lowest BCUT2D eigenvalue weighted by atomic mass is 9.57. The molecule has 0 heterocycles. The second kappa shape index (κ2) is 8.38. The summed E-state index contributed by atoms with van der Waals surface area (Å²) in [6, 6.07) is 0. The van der Waals surface area contributed by atoms with Crippen LogP contribution in [0.3, 0.4) is 0 Å². The number of aliphatic hydroxyl groups is 2. The molecule has 0 aromatic rings. The van der Waals surface area contributed by atoms with Crippen molar-refractivity contribution in [2.24, 2.45) is 23.7 Å². The highest BCUT2D eigenvalue weighted by molar-refractivity contribution is 5.66. The lowest BCUT2D eigenvalue weighted by Gasteiger charge is -2.48. The number of aliphatic carboxylic acids is 1. The van der Waals surface area contributed by atoms with Gasteiger partial charge in [-0.2, -0.15) is 0 Å². The molecule has 25 heavy (non-hydrogen) atoms. The van der Waals surface area contributed by atoms with Gasteiger partial charge in [-0.1, -0.05) is 42.8 Å². The molecule has 0 radical (unpaired) electrons. The van der Waals surface area contributed by atoms with Crippen LogP contribution in [0.4, 0.5) is 0 Å². The minimum absolute atomic E-state index is 0.0476. The molecule has 0 spiro atoms. The standard InChI is InChI=1S/C21H30O4/c22-19(14-5-2-1-3-6-14)11-10-17-18-13-15(7-4-8-21(24)25)16(18)9-12-20(17)23/h7,14,16-20,22-23H,1-6,8-9,12-13H2,(H,24,25)/b15-7+/t16-,17-,18+,19?,20-/m1/s1. The average Bonchev–Trinajstić information content (AvgIpc) is 2.59. The van der Waals surface area contributed by atoms with Crippen molar-refractivity contribution in [1.29, 1.82) is 0 Å². The number of fused-ring (bicyclic) bond motifs is 1. The topological polar surface area (TPSA) is 77.8 Å². The zero-order chi connectivity index (χ0) is 17.8. The first-order valence-electron chi connectivity index (χ1n) is 9.84. The first kappa shape index (κ1) is 18.5. The minimum atomic E-state index is -0.757. The lowest BCUT2D eigenvalue weighted by Crippen LogP contribution is -2.44. The maximum Gasteiger partial charge on any atom is 0.303 e. The van der Waals surface area contributed by atoms with Gasteiger partial charge in [0.05, 0.1) is 12.0 Å². The van der Waals surface area contributed by atoms with Crippen LogP contribution in [0.2, 0.25) is 0 Å². The van der Waals surface area contributed by atoms with Crippen molar-refractivity contribution >= 4 is 5.97 Å². The first-order chi connectivity index (χ1) is 12.1. The third kappa shape index (κ3) is 4.46. The summed E-state index contributed by atoms with van der Waals surface area (Å²) in [6.45, 7) is 0. The predicted molar refractivity (Wildman–Crippen MR) is 95.6 cm³/mol. The quantitative estimate of drug-likeness (QED) is 0.540. The van der Waals surface area contributed by atoms with Gasteiger partial charge in [-0.25, -0.2) is 0 Å². The van der Waals surface area contributed by atoms with E-state index in [1.54, 1.807) is 0 Å². The van der Waals surface area contributed by atoms with Crippen LogP contribution in [0.1, 0.15) is 64.2 Å². The van der Waals surface area contributed by atoms with E-state index in [2.05, 4.69) is 17.9 Å². The number of hydrogen-bond acceptors (Lipinski definition) is 3. The summed E-state index contributed by atoms with van der Waals surface area (Å²) < 4.78 is 0. The van der Waals surface area contributed by atoms with E-state index in [1.807, 2.05) is 0 Å². The molecule has 0 amide bonds. The Labute approximate surface area is 150 Å². The molecule has 3 N–H and O–H groups in total. The maximum absolute atomic E-state index is 10.6. The van der Waals surface area contributed by atoms with Gasteiger partial charge in [-0.3, -0.25) is 4.79 Å². The van der Waals surface area contributed by atoms with Gasteiger partial charge in [-0.05, 0) is 56.3 Å². The van der Waals surface area contributed by atoms with Gasteiger partial charge in [0.2, 0.25) is 0 Å². The largest absolute Gasteiger partial charge is 0.481 e. The molecular formula is C21H30O4. The second-order valence-electron chi connectivity index (χ2n) is 7.99. The van der Waals surface area contributed by atoms with Gasteiger partial charge in [0, 0.05) is 6.42 Å². The van der Waals surface area contributed by atoms with Crippen molar-refractivity contribution in [1.82, 2.24) is 0 Å². The van der Waals surface area contributed by atoms with E-state index in [9.17, 15) is 15.0 Å². The molecule has 138 valence electrons. The van der Waals surface area contributed by atoms with Crippen LogP contribution < -0.4 is 0 Å². The van der Waals surface area contributed by atoms with E-state index >= 15 is 0 Å². The van der Waals surface area contributed by atoms with Crippen LogP contribution in [0.15, 0.2) is 11.6 Å². The third-order valence-corrected chi connectivity index (χ3v) is 6.37. The number of rotatable bonds is 4. The molecule has 4 nitrogen and oxygen atoms in total. The van der Waals surface area contributed by atoms with E-state index in [0.29, 0.717) is 24.2 Å². The van der Waals surface area contributed by atoms with Gasteiger partial charge in [0.25, 0.3) is 0 Å². The smallest absolute Gasteiger partial charge is 0.303 e. The second-order valence-corrected chi connectivity index (χ2v) is 7.99. The Bertz CT molecular complexity index is 564. The molecule has 0 bridgehead atoms. The molecule has 0 aliphatic heterocycles. The Balaban J connectivity index is 1.58. The Hall–Kier alpha value is -1.31. The Morgan fingerprint density at radius 1 is 1.20 bits per heavy atom. The Morgan fingerprint density at radius 2 is 1.96 bits per heavy atom. The maximum atomic E-state index is 10.6. The summed E-state index contributed by atoms with van der Waals surface area (Å²) in [5.74, 6) is 6.59. The molecule has 3 aliphatic rings. The molecule has 3 aliphatic carbocycles. The van der Waals surface area contributed by atoms with Crippen molar-refractivity contribution in [2.75, 3.05) is 0 Å². The van der Waals surface area contributed by atoms with E-state index in [4.69, 9.17) is 5.11 Å². The van der Waals surface area contributed by atoms with Gasteiger partial charge in [0.1, 0.15) is 6.10 Å². The molecule has 3 fully saturated rings. The molecule has 3 saturated carbocycles. The van der Waals surface area contributed by atoms with Crippen molar-refractivity contribution in [2.45, 2.75) is 76.4 Å². The average molecular weight is 346 g/mol. The van der Waals surface area contributed by atoms with E-state index in [-0.39, 0.29) is 12.3 Å². The summed E-state index contributed by atoms with van der Waals surface area (Å²) in [7, 11) is 0. The van der Waals surface area contributed by atoms with E-state index in [1.165, 1.54) is 24.8 Å². The zero-order valence-corrected chi connectivity index (χ0v) is 14.9. The van der Waals surface area contributed by atoms with Gasteiger partial charge in [-0.15, -0.1) is 0 Å². The zero-order valence-electron chi connectivity index (χ0n) is 14.9. The molecule has 3 rings (SSSR count). The Morgan fingerprint density at radius 3 is 2.68 bits per heavy atom. The van der Waals surface area contributed by atoms with E-state index in [0.717, 1.165) is 32.1 Å². The predicted octanol–water partition coefficient (Wildman–Crippen LogP) is 3.13. The van der Waals surface area contributed by atoms with Crippen LogP contribution in [0.25, 0.3) is 0 Å². The monoisotopic (exact) mass is 346 g/mol. The first-order valence-corrected chi connectivity index (χ1v) is 9.84. The third-order valence-electron chi connectivity index (χ3n) is 6.37. The summed E-state index contributed by atoms with van der Waals surface area (Å²) in [4.78, 5) is 10.6.